The number of sulfone groups is 1. The van der Waals surface area contributed by atoms with Gasteiger partial charge in [-0.15, -0.1) is 0 Å². The molecule has 5 nitrogen and oxygen atoms in total. The molecule has 3 N–H and O–H groups in total. The predicted octanol–water partition coefficient (Wildman–Crippen LogP) is 0.445. The van der Waals surface area contributed by atoms with E-state index in [2.05, 4.69) is 5.32 Å². The lowest BCUT2D eigenvalue weighted by Gasteiger charge is -2.33. The lowest BCUT2D eigenvalue weighted by atomic mass is 9.78. The van der Waals surface area contributed by atoms with Gasteiger partial charge in [-0.3, -0.25) is 4.79 Å². The minimum Gasteiger partial charge on any atom is -0.350 e. The van der Waals surface area contributed by atoms with E-state index in [-0.39, 0.29) is 29.2 Å². The highest BCUT2D eigenvalue weighted by Crippen LogP contribution is 2.31. The number of nitrogens with two attached hydrogens (primary N) is 1. The van der Waals surface area contributed by atoms with Gasteiger partial charge in [0.1, 0.15) is 0 Å². The molecule has 0 aromatic rings. The zero-order valence-corrected chi connectivity index (χ0v) is 12.3. The standard InChI is InChI=1S/C13H24N2O3S/c1-13(6-7-19(17,18)9-13)15-12(16)11-5-3-2-4-10(11)8-14/h10-11H,2-9,14H2,1H3,(H,15,16). The van der Waals surface area contributed by atoms with Crippen LogP contribution in [0.1, 0.15) is 39.0 Å². The Labute approximate surface area is 115 Å². The molecule has 0 aromatic heterocycles. The van der Waals surface area contributed by atoms with E-state index < -0.39 is 15.4 Å². The normalized spacial score (nSPS) is 38.0. The fourth-order valence-corrected chi connectivity index (χ4v) is 5.43. The molecule has 110 valence electrons. The summed E-state index contributed by atoms with van der Waals surface area (Å²) in [4.78, 5) is 12.4. The molecule has 2 aliphatic rings. The van der Waals surface area contributed by atoms with Gasteiger partial charge in [0.2, 0.25) is 5.91 Å². The zero-order valence-electron chi connectivity index (χ0n) is 11.5. The van der Waals surface area contributed by atoms with E-state index in [9.17, 15) is 13.2 Å². The maximum absolute atomic E-state index is 12.4. The molecule has 3 atom stereocenters. The summed E-state index contributed by atoms with van der Waals surface area (Å²) in [6, 6.07) is 0. The van der Waals surface area contributed by atoms with Crippen molar-refractivity contribution in [2.24, 2.45) is 17.6 Å². The Balaban J connectivity index is 2.00. The SMILES string of the molecule is CC1(NC(=O)C2CCCCC2CN)CCS(=O)(=O)C1. The van der Waals surface area contributed by atoms with E-state index in [4.69, 9.17) is 5.73 Å². The van der Waals surface area contributed by atoms with Crippen LogP contribution < -0.4 is 11.1 Å². The van der Waals surface area contributed by atoms with Gasteiger partial charge in [-0.2, -0.15) is 0 Å². The number of carbonyl (C=O) groups excluding carboxylic acids is 1. The van der Waals surface area contributed by atoms with Crippen LogP contribution in [-0.4, -0.2) is 37.9 Å². The molecule has 6 heteroatoms. The van der Waals surface area contributed by atoms with E-state index in [1.54, 1.807) is 0 Å². The van der Waals surface area contributed by atoms with Crippen molar-refractivity contribution < 1.29 is 13.2 Å². The first-order chi connectivity index (χ1) is 8.85. The molecule has 0 aromatic carbocycles. The van der Waals surface area contributed by atoms with Crippen molar-refractivity contribution in [3.63, 3.8) is 0 Å². The van der Waals surface area contributed by atoms with Crippen molar-refractivity contribution in [1.29, 1.82) is 0 Å². The average molecular weight is 288 g/mol. The molecule has 2 fully saturated rings. The Morgan fingerprint density at radius 2 is 2.05 bits per heavy atom. The first kappa shape index (κ1) is 14.8. The second kappa shape index (κ2) is 5.40. The fourth-order valence-electron chi connectivity index (χ4n) is 3.33. The van der Waals surface area contributed by atoms with Crippen LogP contribution in [0.5, 0.6) is 0 Å². The third-order valence-corrected chi connectivity index (χ3v) is 6.38. The highest BCUT2D eigenvalue weighted by Gasteiger charge is 2.41. The molecule has 19 heavy (non-hydrogen) atoms. The van der Waals surface area contributed by atoms with E-state index in [0.29, 0.717) is 13.0 Å². The van der Waals surface area contributed by atoms with Gasteiger partial charge >= 0.3 is 0 Å². The molecule has 1 saturated heterocycles. The van der Waals surface area contributed by atoms with Gasteiger partial charge < -0.3 is 11.1 Å². The Morgan fingerprint density at radius 1 is 1.37 bits per heavy atom. The average Bonchev–Trinajstić information content (AvgIpc) is 2.63. The van der Waals surface area contributed by atoms with E-state index in [1.165, 1.54) is 0 Å². The molecule has 0 bridgehead atoms. The van der Waals surface area contributed by atoms with Gasteiger partial charge in [-0.1, -0.05) is 12.8 Å². The van der Waals surface area contributed by atoms with Gasteiger partial charge in [-0.05, 0) is 38.6 Å². The zero-order chi connectivity index (χ0) is 14.1. The molecule has 0 radical (unpaired) electrons. The van der Waals surface area contributed by atoms with Crippen molar-refractivity contribution in [2.45, 2.75) is 44.6 Å². The van der Waals surface area contributed by atoms with Gasteiger partial charge in [0, 0.05) is 5.92 Å². The third kappa shape index (κ3) is 3.48. The van der Waals surface area contributed by atoms with Crippen LogP contribution in [0.15, 0.2) is 0 Å². The minimum atomic E-state index is -2.99. The largest absolute Gasteiger partial charge is 0.350 e. The Kier molecular flexibility index (Phi) is 4.20. The number of nitrogens with one attached hydrogen (secondary N) is 1. The molecule has 1 aliphatic carbocycles. The molecule has 1 aliphatic heterocycles. The van der Waals surface area contributed by atoms with Crippen molar-refractivity contribution in [3.05, 3.63) is 0 Å². The summed E-state index contributed by atoms with van der Waals surface area (Å²) in [5.74, 6) is 0.435. The third-order valence-electron chi connectivity index (χ3n) is 4.48. The maximum atomic E-state index is 12.4. The summed E-state index contributed by atoms with van der Waals surface area (Å²) < 4.78 is 23.1. The number of hydrogen-bond donors (Lipinski definition) is 2. The van der Waals surface area contributed by atoms with Crippen LogP contribution in [-0.2, 0) is 14.6 Å². The summed E-state index contributed by atoms with van der Waals surface area (Å²) in [5.41, 5.74) is 5.15. The molecular weight excluding hydrogens is 264 g/mol. The Morgan fingerprint density at radius 3 is 2.63 bits per heavy atom. The van der Waals surface area contributed by atoms with Gasteiger partial charge in [-0.25, -0.2) is 8.42 Å². The second-order valence-corrected chi connectivity index (χ2v) is 8.46. The second-order valence-electron chi connectivity index (χ2n) is 6.28. The van der Waals surface area contributed by atoms with Gasteiger partial charge in [0.25, 0.3) is 0 Å². The van der Waals surface area contributed by atoms with Crippen molar-refractivity contribution in [1.82, 2.24) is 5.32 Å². The topological polar surface area (TPSA) is 89.3 Å². The van der Waals surface area contributed by atoms with E-state index in [1.807, 2.05) is 6.92 Å². The summed E-state index contributed by atoms with van der Waals surface area (Å²) in [7, 11) is -2.99. The van der Waals surface area contributed by atoms with Gasteiger partial charge in [0.05, 0.1) is 17.0 Å². The van der Waals surface area contributed by atoms with Gasteiger partial charge in [0.15, 0.2) is 9.84 Å². The molecule has 1 amide bonds. The molecular formula is C13H24N2O3S. The Hall–Kier alpha value is -0.620. The Bertz CT molecular complexity index is 449. The fraction of sp³-hybridized carbons (Fsp3) is 0.923. The lowest BCUT2D eigenvalue weighted by molar-refractivity contribution is -0.129. The monoisotopic (exact) mass is 288 g/mol. The summed E-state index contributed by atoms with van der Waals surface area (Å²) in [6.45, 7) is 2.36. The highest BCUT2D eigenvalue weighted by molar-refractivity contribution is 7.91. The van der Waals surface area contributed by atoms with Crippen LogP contribution in [0.25, 0.3) is 0 Å². The van der Waals surface area contributed by atoms with Crippen LogP contribution >= 0.6 is 0 Å². The number of amides is 1. The summed E-state index contributed by atoms with van der Waals surface area (Å²) in [6.07, 6.45) is 4.59. The number of rotatable bonds is 3. The molecule has 0 spiro atoms. The highest BCUT2D eigenvalue weighted by atomic mass is 32.2. The first-order valence-corrected chi connectivity index (χ1v) is 8.90. The quantitative estimate of drug-likeness (QED) is 0.789. The summed E-state index contributed by atoms with van der Waals surface area (Å²) in [5, 5.41) is 2.97. The maximum Gasteiger partial charge on any atom is 0.223 e. The minimum absolute atomic E-state index is 0.00486. The molecule has 2 rings (SSSR count). The van der Waals surface area contributed by atoms with Crippen molar-refractivity contribution in [3.8, 4) is 0 Å². The smallest absolute Gasteiger partial charge is 0.223 e. The molecule has 1 saturated carbocycles. The van der Waals surface area contributed by atoms with E-state index in [0.717, 1.165) is 25.7 Å². The number of hydrogen-bond acceptors (Lipinski definition) is 4. The van der Waals surface area contributed by atoms with Crippen LogP contribution in [0.3, 0.4) is 0 Å². The van der Waals surface area contributed by atoms with Crippen LogP contribution in [0.2, 0.25) is 0 Å². The van der Waals surface area contributed by atoms with Crippen molar-refractivity contribution >= 4 is 15.7 Å². The molecule has 3 unspecified atom stereocenters. The number of carbonyl (C=O) groups is 1. The predicted molar refractivity (Wildman–Crippen MR) is 74.3 cm³/mol. The van der Waals surface area contributed by atoms with Crippen LogP contribution in [0.4, 0.5) is 0 Å². The summed E-state index contributed by atoms with van der Waals surface area (Å²) >= 11 is 0. The first-order valence-electron chi connectivity index (χ1n) is 7.08. The van der Waals surface area contributed by atoms with Crippen LogP contribution in [0, 0.1) is 11.8 Å². The van der Waals surface area contributed by atoms with E-state index >= 15 is 0 Å². The molecule has 1 heterocycles. The lowest BCUT2D eigenvalue weighted by Crippen LogP contribution is -2.51. The van der Waals surface area contributed by atoms with Crippen molar-refractivity contribution in [2.75, 3.05) is 18.1 Å².